The Morgan fingerprint density at radius 3 is 2.95 bits per heavy atom. The summed E-state index contributed by atoms with van der Waals surface area (Å²) < 4.78 is 1.98. The highest BCUT2D eigenvalue weighted by Gasteiger charge is 2.21. The van der Waals surface area contributed by atoms with E-state index in [1.165, 1.54) is 0 Å². The number of nitrogens with two attached hydrogens (primary N) is 1. The van der Waals surface area contributed by atoms with Gasteiger partial charge in [-0.15, -0.1) is 29.2 Å². The standard InChI is InChI=1S/C12H19N5OS.ClH/c1-3-5-17-11(7-13)14-15-12(17)19-8-10-6-9(4-2)16-18-10;/h3,10H,1,4-8,13H2,2H3;1H. The van der Waals surface area contributed by atoms with E-state index in [0.717, 1.165) is 35.3 Å². The number of halogens is 1. The molecule has 1 unspecified atom stereocenters. The number of hydrogen-bond donors (Lipinski definition) is 1. The molecule has 6 nitrogen and oxygen atoms in total. The molecule has 0 amide bonds. The molecule has 1 atom stereocenters. The van der Waals surface area contributed by atoms with Crippen LogP contribution in [0.4, 0.5) is 0 Å². The van der Waals surface area contributed by atoms with Crippen LogP contribution < -0.4 is 5.73 Å². The minimum atomic E-state index is 0. The third kappa shape index (κ3) is 3.97. The van der Waals surface area contributed by atoms with Crippen molar-refractivity contribution >= 4 is 29.9 Å². The molecule has 112 valence electrons. The summed E-state index contributed by atoms with van der Waals surface area (Å²) in [6, 6.07) is 0. The van der Waals surface area contributed by atoms with Crippen molar-refractivity contribution in [3.8, 4) is 0 Å². The molecule has 0 saturated heterocycles. The van der Waals surface area contributed by atoms with Crippen molar-refractivity contribution in [2.45, 2.75) is 44.1 Å². The number of oxime groups is 1. The van der Waals surface area contributed by atoms with E-state index in [1.807, 2.05) is 10.6 Å². The zero-order valence-electron chi connectivity index (χ0n) is 11.5. The van der Waals surface area contributed by atoms with Crippen LogP contribution in [0.1, 0.15) is 25.6 Å². The van der Waals surface area contributed by atoms with Crippen molar-refractivity contribution in [2.75, 3.05) is 5.75 Å². The average molecular weight is 318 g/mol. The first-order chi connectivity index (χ1) is 9.28. The molecule has 0 saturated carbocycles. The van der Waals surface area contributed by atoms with Crippen molar-refractivity contribution in [2.24, 2.45) is 10.9 Å². The number of nitrogens with zero attached hydrogens (tertiary/aromatic N) is 4. The van der Waals surface area contributed by atoms with Gasteiger partial charge in [0, 0.05) is 18.7 Å². The van der Waals surface area contributed by atoms with E-state index in [4.69, 9.17) is 10.6 Å². The van der Waals surface area contributed by atoms with Gasteiger partial charge in [0.2, 0.25) is 0 Å². The molecule has 0 spiro atoms. The van der Waals surface area contributed by atoms with Crippen LogP contribution in [0.3, 0.4) is 0 Å². The van der Waals surface area contributed by atoms with Gasteiger partial charge in [-0.25, -0.2) is 0 Å². The summed E-state index contributed by atoms with van der Waals surface area (Å²) in [6.45, 7) is 6.88. The molecular weight excluding hydrogens is 298 g/mol. The molecule has 2 rings (SSSR count). The van der Waals surface area contributed by atoms with Crippen LogP contribution in [0.2, 0.25) is 0 Å². The first-order valence-corrected chi connectivity index (χ1v) is 7.34. The van der Waals surface area contributed by atoms with Crippen LogP contribution in [0.25, 0.3) is 0 Å². The average Bonchev–Trinajstić information content (AvgIpc) is 3.03. The van der Waals surface area contributed by atoms with Gasteiger partial charge in [-0.3, -0.25) is 0 Å². The number of thioether (sulfide) groups is 1. The maximum absolute atomic E-state index is 5.64. The van der Waals surface area contributed by atoms with E-state index in [9.17, 15) is 0 Å². The smallest absolute Gasteiger partial charge is 0.191 e. The predicted molar refractivity (Wildman–Crippen MR) is 83.3 cm³/mol. The minimum Gasteiger partial charge on any atom is -0.391 e. The molecule has 0 aliphatic carbocycles. The molecule has 8 heteroatoms. The highest BCUT2D eigenvalue weighted by atomic mass is 35.5. The lowest BCUT2D eigenvalue weighted by Gasteiger charge is -2.09. The lowest BCUT2D eigenvalue weighted by atomic mass is 10.2. The summed E-state index contributed by atoms with van der Waals surface area (Å²) in [5.74, 6) is 1.59. The molecule has 0 bridgehead atoms. The summed E-state index contributed by atoms with van der Waals surface area (Å²) in [5.41, 5.74) is 6.76. The molecular formula is C12H20ClN5OS. The van der Waals surface area contributed by atoms with Crippen molar-refractivity contribution in [1.29, 1.82) is 0 Å². The molecule has 1 aromatic rings. The number of rotatable bonds is 7. The normalized spacial score (nSPS) is 17.3. The van der Waals surface area contributed by atoms with Gasteiger partial charge < -0.3 is 15.1 Å². The van der Waals surface area contributed by atoms with Crippen LogP contribution in [0.15, 0.2) is 23.0 Å². The van der Waals surface area contributed by atoms with Crippen LogP contribution in [-0.2, 0) is 17.9 Å². The van der Waals surface area contributed by atoms with Crippen LogP contribution >= 0.6 is 24.2 Å². The Bertz CT molecular complexity index is 476. The van der Waals surface area contributed by atoms with Gasteiger partial charge in [0.05, 0.1) is 12.3 Å². The number of aromatic nitrogens is 3. The SMILES string of the molecule is C=CCn1c(CN)nnc1SCC1CC(CC)=NO1.Cl. The molecule has 2 N–H and O–H groups in total. The molecule has 1 aliphatic rings. The first-order valence-electron chi connectivity index (χ1n) is 6.35. The van der Waals surface area contributed by atoms with Gasteiger partial charge in [0.15, 0.2) is 5.16 Å². The topological polar surface area (TPSA) is 78.3 Å². The fraction of sp³-hybridized carbons (Fsp3) is 0.583. The molecule has 1 aliphatic heterocycles. The Morgan fingerprint density at radius 1 is 1.55 bits per heavy atom. The summed E-state index contributed by atoms with van der Waals surface area (Å²) >= 11 is 1.62. The molecule has 2 heterocycles. The van der Waals surface area contributed by atoms with Gasteiger partial charge in [-0.05, 0) is 6.42 Å². The quantitative estimate of drug-likeness (QED) is 0.614. The molecule has 0 aromatic carbocycles. The van der Waals surface area contributed by atoms with Gasteiger partial charge in [0.1, 0.15) is 11.9 Å². The van der Waals surface area contributed by atoms with E-state index < -0.39 is 0 Å². The Labute approximate surface area is 129 Å². The Balaban J connectivity index is 0.00000200. The number of hydrogen-bond acceptors (Lipinski definition) is 6. The van der Waals surface area contributed by atoms with E-state index in [-0.39, 0.29) is 18.5 Å². The van der Waals surface area contributed by atoms with Gasteiger partial charge in [-0.1, -0.05) is 29.9 Å². The second-order valence-corrected chi connectivity index (χ2v) is 5.24. The lowest BCUT2D eigenvalue weighted by molar-refractivity contribution is 0.103. The van der Waals surface area contributed by atoms with Crippen LogP contribution in [0.5, 0.6) is 0 Å². The maximum Gasteiger partial charge on any atom is 0.191 e. The van der Waals surface area contributed by atoms with E-state index in [0.29, 0.717) is 13.1 Å². The van der Waals surface area contributed by atoms with Gasteiger partial charge in [-0.2, -0.15) is 0 Å². The van der Waals surface area contributed by atoms with Gasteiger partial charge in [0.25, 0.3) is 0 Å². The van der Waals surface area contributed by atoms with E-state index in [2.05, 4.69) is 28.9 Å². The Hall–Kier alpha value is -1.05. The summed E-state index contributed by atoms with van der Waals surface area (Å²) in [5, 5.41) is 13.1. The Kier molecular flexibility index (Phi) is 7.04. The third-order valence-electron chi connectivity index (χ3n) is 2.89. The van der Waals surface area contributed by atoms with Crippen molar-refractivity contribution < 1.29 is 4.84 Å². The second-order valence-electron chi connectivity index (χ2n) is 4.26. The monoisotopic (exact) mass is 317 g/mol. The zero-order valence-corrected chi connectivity index (χ0v) is 13.1. The maximum atomic E-state index is 5.64. The van der Waals surface area contributed by atoms with E-state index in [1.54, 1.807) is 11.8 Å². The molecule has 1 aromatic heterocycles. The molecule has 0 radical (unpaired) electrons. The molecule has 0 fully saturated rings. The van der Waals surface area contributed by atoms with Gasteiger partial charge >= 0.3 is 0 Å². The van der Waals surface area contributed by atoms with E-state index >= 15 is 0 Å². The number of allylic oxidation sites excluding steroid dienone is 1. The molecule has 20 heavy (non-hydrogen) atoms. The summed E-state index contributed by atoms with van der Waals surface area (Å²) in [7, 11) is 0. The highest BCUT2D eigenvalue weighted by Crippen LogP contribution is 2.23. The largest absolute Gasteiger partial charge is 0.391 e. The predicted octanol–water partition coefficient (Wildman–Crippen LogP) is 1.99. The van der Waals surface area contributed by atoms with Crippen molar-refractivity contribution in [3.05, 3.63) is 18.5 Å². The summed E-state index contributed by atoms with van der Waals surface area (Å²) in [4.78, 5) is 5.38. The summed E-state index contributed by atoms with van der Waals surface area (Å²) in [6.07, 6.45) is 3.81. The Morgan fingerprint density at radius 2 is 2.35 bits per heavy atom. The minimum absolute atomic E-state index is 0. The third-order valence-corrected chi connectivity index (χ3v) is 3.99. The van der Waals surface area contributed by atoms with Crippen LogP contribution in [-0.4, -0.2) is 32.3 Å². The second kappa shape index (κ2) is 8.28. The fourth-order valence-electron chi connectivity index (χ4n) is 1.84. The lowest BCUT2D eigenvalue weighted by Crippen LogP contribution is -2.12. The zero-order chi connectivity index (χ0) is 13.7. The fourth-order valence-corrected chi connectivity index (χ4v) is 2.79. The van der Waals surface area contributed by atoms with Crippen LogP contribution in [0, 0.1) is 0 Å². The van der Waals surface area contributed by atoms with Crippen molar-refractivity contribution in [1.82, 2.24) is 14.8 Å². The van der Waals surface area contributed by atoms with Crippen molar-refractivity contribution in [3.63, 3.8) is 0 Å². The highest BCUT2D eigenvalue weighted by molar-refractivity contribution is 7.99. The first kappa shape index (κ1) is 17.0.